The van der Waals surface area contributed by atoms with Gasteiger partial charge in [-0.1, -0.05) is 24.3 Å². The molecular formula is C14H15N3O. The first kappa shape index (κ1) is 11.0. The topological polar surface area (TPSA) is 71.2 Å². The Kier molecular flexibility index (Phi) is 2.64. The summed E-state index contributed by atoms with van der Waals surface area (Å²) in [5.41, 5.74) is 8.75. The summed E-state index contributed by atoms with van der Waals surface area (Å²) in [4.78, 5) is 4.20. The van der Waals surface area contributed by atoms with E-state index in [0.29, 0.717) is 17.9 Å². The molecule has 0 bridgehead atoms. The molecule has 0 fully saturated rings. The second-order valence-corrected chi connectivity index (χ2v) is 4.53. The van der Waals surface area contributed by atoms with Gasteiger partial charge in [0, 0.05) is 12.6 Å². The van der Waals surface area contributed by atoms with Crippen LogP contribution in [0.4, 0.5) is 11.5 Å². The van der Waals surface area contributed by atoms with E-state index in [9.17, 15) is 5.11 Å². The highest BCUT2D eigenvalue weighted by Gasteiger charge is 2.31. The largest absolute Gasteiger partial charge is 0.396 e. The maximum Gasteiger partial charge on any atom is 0.149 e. The highest BCUT2D eigenvalue weighted by Crippen LogP contribution is 2.34. The number of anilines is 2. The van der Waals surface area contributed by atoms with E-state index in [4.69, 9.17) is 5.73 Å². The number of hydrogen-bond donors (Lipinski definition) is 3. The lowest BCUT2D eigenvalue weighted by molar-refractivity contribution is 0.165. The van der Waals surface area contributed by atoms with Crippen molar-refractivity contribution in [3.05, 3.63) is 53.7 Å². The standard InChI is InChI=1S/C14H15N3O/c15-11-6-3-7-16-14(11)17-13-10-5-2-1-4-9(10)8-12(13)18/h1-7,12-13,18H,8,15H2,(H,16,17)/t12-,13-/m1/s1. The van der Waals surface area contributed by atoms with E-state index in [0.717, 1.165) is 5.56 Å². The lowest BCUT2D eigenvalue weighted by Gasteiger charge is -2.19. The second-order valence-electron chi connectivity index (χ2n) is 4.53. The van der Waals surface area contributed by atoms with E-state index >= 15 is 0 Å². The number of aliphatic hydroxyl groups is 1. The van der Waals surface area contributed by atoms with Crippen molar-refractivity contribution in [2.24, 2.45) is 0 Å². The van der Waals surface area contributed by atoms with E-state index in [1.54, 1.807) is 18.3 Å². The quantitative estimate of drug-likeness (QED) is 0.749. The normalized spacial score (nSPS) is 21.6. The molecule has 92 valence electrons. The van der Waals surface area contributed by atoms with Gasteiger partial charge in [-0.3, -0.25) is 0 Å². The third kappa shape index (κ3) is 1.80. The summed E-state index contributed by atoms with van der Waals surface area (Å²) in [6.45, 7) is 0. The number of rotatable bonds is 2. The van der Waals surface area contributed by atoms with Crippen LogP contribution in [0, 0.1) is 0 Å². The van der Waals surface area contributed by atoms with Gasteiger partial charge in [-0.15, -0.1) is 0 Å². The van der Waals surface area contributed by atoms with Gasteiger partial charge >= 0.3 is 0 Å². The Hall–Kier alpha value is -2.07. The van der Waals surface area contributed by atoms with Crippen LogP contribution in [0.15, 0.2) is 42.6 Å². The van der Waals surface area contributed by atoms with Crippen LogP contribution < -0.4 is 11.1 Å². The number of aliphatic hydroxyl groups excluding tert-OH is 1. The van der Waals surface area contributed by atoms with E-state index < -0.39 is 6.10 Å². The molecule has 18 heavy (non-hydrogen) atoms. The van der Waals surface area contributed by atoms with E-state index in [2.05, 4.69) is 10.3 Å². The van der Waals surface area contributed by atoms with Crippen molar-refractivity contribution in [3.8, 4) is 0 Å². The zero-order valence-electron chi connectivity index (χ0n) is 9.88. The third-order valence-electron chi connectivity index (χ3n) is 3.34. The average Bonchev–Trinajstić information content (AvgIpc) is 2.69. The highest BCUT2D eigenvalue weighted by atomic mass is 16.3. The minimum Gasteiger partial charge on any atom is -0.396 e. The van der Waals surface area contributed by atoms with Gasteiger partial charge in [-0.25, -0.2) is 4.98 Å². The first-order valence-electron chi connectivity index (χ1n) is 5.98. The Morgan fingerprint density at radius 3 is 2.89 bits per heavy atom. The molecule has 0 saturated carbocycles. The number of hydrogen-bond acceptors (Lipinski definition) is 4. The summed E-state index contributed by atoms with van der Waals surface area (Å²) in [7, 11) is 0. The van der Waals surface area contributed by atoms with Gasteiger partial charge in [0.1, 0.15) is 5.82 Å². The van der Waals surface area contributed by atoms with Crippen molar-refractivity contribution in [1.82, 2.24) is 4.98 Å². The van der Waals surface area contributed by atoms with Crippen LogP contribution in [-0.4, -0.2) is 16.2 Å². The molecule has 2 aromatic rings. The lowest BCUT2D eigenvalue weighted by Crippen LogP contribution is -2.22. The van der Waals surface area contributed by atoms with Crippen LogP contribution in [-0.2, 0) is 6.42 Å². The number of nitrogens with zero attached hydrogens (tertiary/aromatic N) is 1. The number of fused-ring (bicyclic) bond motifs is 1. The molecule has 1 heterocycles. The Balaban J connectivity index is 1.92. The molecule has 0 saturated heterocycles. The SMILES string of the molecule is Nc1cccnc1N[C@@H]1c2ccccc2C[C@H]1O. The molecule has 3 rings (SSSR count). The van der Waals surface area contributed by atoms with E-state index in [-0.39, 0.29) is 6.04 Å². The van der Waals surface area contributed by atoms with E-state index in [1.807, 2.05) is 24.3 Å². The summed E-state index contributed by atoms with van der Waals surface area (Å²) < 4.78 is 0. The Labute approximate surface area is 105 Å². The fourth-order valence-corrected chi connectivity index (χ4v) is 2.43. The molecule has 0 unspecified atom stereocenters. The molecule has 0 radical (unpaired) electrons. The number of nitrogens with one attached hydrogen (secondary N) is 1. The fraction of sp³-hybridized carbons (Fsp3) is 0.214. The molecule has 4 heteroatoms. The van der Waals surface area contributed by atoms with Gasteiger partial charge < -0.3 is 16.2 Å². The molecule has 0 aliphatic heterocycles. The highest BCUT2D eigenvalue weighted by molar-refractivity contribution is 5.62. The zero-order valence-corrected chi connectivity index (χ0v) is 9.88. The minimum absolute atomic E-state index is 0.140. The van der Waals surface area contributed by atoms with Crippen LogP contribution in [0.3, 0.4) is 0 Å². The predicted molar refractivity (Wildman–Crippen MR) is 71.2 cm³/mol. The average molecular weight is 241 g/mol. The maximum atomic E-state index is 10.1. The van der Waals surface area contributed by atoms with Gasteiger partial charge in [-0.05, 0) is 23.3 Å². The van der Waals surface area contributed by atoms with Crippen LogP contribution in [0.1, 0.15) is 17.2 Å². The lowest BCUT2D eigenvalue weighted by atomic mass is 10.1. The molecular weight excluding hydrogens is 226 g/mol. The van der Waals surface area contributed by atoms with Crippen molar-refractivity contribution < 1.29 is 5.11 Å². The van der Waals surface area contributed by atoms with Gasteiger partial charge in [-0.2, -0.15) is 0 Å². The number of nitrogens with two attached hydrogens (primary N) is 1. The minimum atomic E-state index is -0.441. The Morgan fingerprint density at radius 2 is 2.06 bits per heavy atom. The molecule has 1 aromatic carbocycles. The van der Waals surface area contributed by atoms with E-state index in [1.165, 1.54) is 5.56 Å². The van der Waals surface area contributed by atoms with Gasteiger partial charge in [0.25, 0.3) is 0 Å². The molecule has 1 aromatic heterocycles. The van der Waals surface area contributed by atoms with Gasteiger partial charge in [0.15, 0.2) is 0 Å². The monoisotopic (exact) mass is 241 g/mol. The molecule has 0 spiro atoms. The Bertz CT molecular complexity index is 570. The third-order valence-corrected chi connectivity index (χ3v) is 3.34. The number of aromatic nitrogens is 1. The Morgan fingerprint density at radius 1 is 1.22 bits per heavy atom. The predicted octanol–water partition coefficient (Wildman–Crippen LogP) is 1.73. The summed E-state index contributed by atoms with van der Waals surface area (Å²) in [6, 6.07) is 11.5. The van der Waals surface area contributed by atoms with Gasteiger partial charge in [0.2, 0.25) is 0 Å². The molecule has 2 atom stereocenters. The molecule has 4 nitrogen and oxygen atoms in total. The molecule has 1 aliphatic carbocycles. The van der Waals surface area contributed by atoms with Gasteiger partial charge in [0.05, 0.1) is 17.8 Å². The van der Waals surface area contributed by atoms with Crippen LogP contribution in [0.25, 0.3) is 0 Å². The summed E-state index contributed by atoms with van der Waals surface area (Å²) in [6.07, 6.45) is 1.91. The fourth-order valence-electron chi connectivity index (χ4n) is 2.43. The summed E-state index contributed by atoms with van der Waals surface area (Å²) >= 11 is 0. The van der Waals surface area contributed by atoms with Crippen molar-refractivity contribution >= 4 is 11.5 Å². The molecule has 0 amide bonds. The summed E-state index contributed by atoms with van der Waals surface area (Å²) in [5, 5.41) is 13.4. The van der Waals surface area contributed by atoms with Crippen LogP contribution >= 0.6 is 0 Å². The smallest absolute Gasteiger partial charge is 0.149 e. The molecule has 1 aliphatic rings. The first-order chi connectivity index (χ1) is 8.75. The van der Waals surface area contributed by atoms with Crippen LogP contribution in [0.5, 0.6) is 0 Å². The number of pyridine rings is 1. The van der Waals surface area contributed by atoms with Crippen molar-refractivity contribution in [2.75, 3.05) is 11.1 Å². The van der Waals surface area contributed by atoms with Crippen molar-refractivity contribution in [3.63, 3.8) is 0 Å². The second kappa shape index (κ2) is 4.31. The number of nitrogen functional groups attached to an aromatic ring is 1. The van der Waals surface area contributed by atoms with Crippen LogP contribution in [0.2, 0.25) is 0 Å². The summed E-state index contributed by atoms with van der Waals surface area (Å²) in [5.74, 6) is 0.623. The first-order valence-corrected chi connectivity index (χ1v) is 5.98. The zero-order chi connectivity index (χ0) is 12.5. The van der Waals surface area contributed by atoms with Crippen molar-refractivity contribution in [1.29, 1.82) is 0 Å². The maximum absolute atomic E-state index is 10.1. The molecule has 4 N–H and O–H groups in total. The number of benzene rings is 1. The van der Waals surface area contributed by atoms with Crippen molar-refractivity contribution in [2.45, 2.75) is 18.6 Å².